The lowest BCUT2D eigenvalue weighted by molar-refractivity contribution is -0.150. The molecule has 0 atom stereocenters. The lowest BCUT2D eigenvalue weighted by Crippen LogP contribution is -2.33. The van der Waals surface area contributed by atoms with Crippen molar-refractivity contribution in [2.75, 3.05) is 0 Å². The third kappa shape index (κ3) is 2.72. The first kappa shape index (κ1) is 13.5. The van der Waals surface area contributed by atoms with Crippen LogP contribution in [-0.4, -0.2) is 5.78 Å². The molecule has 1 aliphatic carbocycles. The average molecular weight is 273 g/mol. The van der Waals surface area contributed by atoms with Gasteiger partial charge in [0.05, 0.1) is 0 Å². The fourth-order valence-electron chi connectivity index (χ4n) is 2.45. The Morgan fingerprint density at radius 1 is 1.22 bits per heavy atom. The summed E-state index contributed by atoms with van der Waals surface area (Å²) in [6.07, 6.45) is 3.92. The Hall–Kier alpha value is -0.960. The zero-order valence-corrected chi connectivity index (χ0v) is 10.7. The summed E-state index contributed by atoms with van der Waals surface area (Å²) in [4.78, 5) is 11.9. The van der Waals surface area contributed by atoms with Crippen LogP contribution < -0.4 is 0 Å². The molecule has 18 heavy (non-hydrogen) atoms. The van der Waals surface area contributed by atoms with E-state index in [-0.39, 0.29) is 10.6 Å². The molecule has 0 N–H and O–H groups in total. The van der Waals surface area contributed by atoms with Crippen LogP contribution in [0.1, 0.15) is 37.7 Å². The van der Waals surface area contributed by atoms with Crippen LogP contribution in [0.3, 0.4) is 0 Å². The van der Waals surface area contributed by atoms with Gasteiger partial charge in [-0.3, -0.25) is 4.79 Å². The fourth-order valence-corrected chi connectivity index (χ4v) is 2.64. The van der Waals surface area contributed by atoms with Gasteiger partial charge in [0.25, 0.3) is 0 Å². The second-order valence-corrected chi connectivity index (χ2v) is 5.22. The maximum Gasteiger partial charge on any atom is 0.330 e. The van der Waals surface area contributed by atoms with E-state index in [4.69, 9.17) is 11.6 Å². The maximum atomic E-state index is 14.1. The number of ketones is 1. The van der Waals surface area contributed by atoms with Gasteiger partial charge in [-0.2, -0.15) is 8.78 Å². The molecule has 1 aliphatic rings. The molecule has 1 saturated carbocycles. The van der Waals surface area contributed by atoms with Gasteiger partial charge in [0.15, 0.2) is 0 Å². The van der Waals surface area contributed by atoms with Crippen LogP contribution in [0.25, 0.3) is 0 Å². The van der Waals surface area contributed by atoms with Crippen LogP contribution >= 0.6 is 11.6 Å². The fraction of sp³-hybridized carbons (Fsp3) is 0.500. The summed E-state index contributed by atoms with van der Waals surface area (Å²) in [6, 6.07) is 5.39. The van der Waals surface area contributed by atoms with Crippen LogP contribution in [0.2, 0.25) is 5.02 Å². The number of benzene rings is 1. The number of alkyl halides is 2. The molecule has 1 aromatic rings. The van der Waals surface area contributed by atoms with E-state index in [0.717, 1.165) is 19.3 Å². The van der Waals surface area contributed by atoms with Crippen molar-refractivity contribution in [2.24, 2.45) is 5.92 Å². The summed E-state index contributed by atoms with van der Waals surface area (Å²) < 4.78 is 28.2. The van der Waals surface area contributed by atoms with Crippen LogP contribution in [0.5, 0.6) is 0 Å². The Labute approximate surface area is 110 Å². The Balaban J connectivity index is 2.21. The van der Waals surface area contributed by atoms with Gasteiger partial charge in [-0.05, 0) is 25.0 Å². The molecule has 0 amide bonds. The first-order chi connectivity index (χ1) is 8.51. The standard InChI is InChI=1S/C14H15ClF2O/c15-12-8-4-7-11(9-12)14(16,17)13(18)10-5-2-1-3-6-10/h4,7-10H,1-3,5-6H2. The Morgan fingerprint density at radius 2 is 1.89 bits per heavy atom. The molecule has 0 bridgehead atoms. The predicted molar refractivity (Wildman–Crippen MR) is 66.9 cm³/mol. The normalized spacial score (nSPS) is 17.7. The van der Waals surface area contributed by atoms with Crippen LogP contribution in [-0.2, 0) is 10.7 Å². The Bertz CT molecular complexity index is 439. The highest BCUT2D eigenvalue weighted by molar-refractivity contribution is 6.30. The number of carbonyl (C=O) groups excluding carboxylic acids is 1. The van der Waals surface area contributed by atoms with E-state index in [1.54, 1.807) is 0 Å². The molecular weight excluding hydrogens is 258 g/mol. The van der Waals surface area contributed by atoms with Gasteiger partial charge in [-0.1, -0.05) is 43.0 Å². The van der Waals surface area contributed by atoms with Gasteiger partial charge < -0.3 is 0 Å². The number of hydrogen-bond donors (Lipinski definition) is 0. The minimum Gasteiger partial charge on any atom is -0.292 e. The van der Waals surface area contributed by atoms with Crippen LogP contribution in [0, 0.1) is 5.92 Å². The van der Waals surface area contributed by atoms with Gasteiger partial charge in [0.2, 0.25) is 5.78 Å². The zero-order valence-electron chi connectivity index (χ0n) is 9.96. The molecule has 1 nitrogen and oxygen atoms in total. The molecule has 0 heterocycles. The summed E-state index contributed by atoms with van der Waals surface area (Å²) in [6.45, 7) is 0. The van der Waals surface area contributed by atoms with E-state index >= 15 is 0 Å². The molecule has 1 aromatic carbocycles. The van der Waals surface area contributed by atoms with Crippen LogP contribution in [0.15, 0.2) is 24.3 Å². The van der Waals surface area contributed by atoms with Gasteiger partial charge in [-0.15, -0.1) is 0 Å². The molecule has 1 fully saturated rings. The highest BCUT2D eigenvalue weighted by atomic mass is 35.5. The number of hydrogen-bond acceptors (Lipinski definition) is 1. The third-order valence-corrected chi connectivity index (χ3v) is 3.71. The lowest BCUT2D eigenvalue weighted by atomic mass is 9.83. The first-order valence-corrected chi connectivity index (χ1v) is 6.58. The van der Waals surface area contributed by atoms with Gasteiger partial charge in [0.1, 0.15) is 0 Å². The summed E-state index contributed by atoms with van der Waals surface area (Å²) in [7, 11) is 0. The van der Waals surface area contributed by atoms with E-state index < -0.39 is 17.6 Å². The number of carbonyl (C=O) groups is 1. The Morgan fingerprint density at radius 3 is 2.50 bits per heavy atom. The third-order valence-electron chi connectivity index (χ3n) is 3.47. The largest absolute Gasteiger partial charge is 0.330 e. The molecule has 0 aliphatic heterocycles. The van der Waals surface area contributed by atoms with Crippen molar-refractivity contribution in [3.8, 4) is 0 Å². The van der Waals surface area contributed by atoms with E-state index in [1.807, 2.05) is 0 Å². The maximum absolute atomic E-state index is 14.1. The molecule has 98 valence electrons. The van der Waals surface area contributed by atoms with Crippen molar-refractivity contribution in [2.45, 2.75) is 38.0 Å². The molecule has 0 spiro atoms. The molecule has 0 unspecified atom stereocenters. The second kappa shape index (κ2) is 5.35. The summed E-state index contributed by atoms with van der Waals surface area (Å²) in [5.41, 5.74) is -0.300. The minimum absolute atomic E-state index is 0.226. The lowest BCUT2D eigenvalue weighted by Gasteiger charge is -2.25. The van der Waals surface area contributed by atoms with E-state index in [2.05, 4.69) is 0 Å². The van der Waals surface area contributed by atoms with Crippen LogP contribution in [0.4, 0.5) is 8.78 Å². The van der Waals surface area contributed by atoms with Gasteiger partial charge >= 0.3 is 5.92 Å². The molecule has 0 radical (unpaired) electrons. The molecule has 0 aromatic heterocycles. The molecule has 4 heteroatoms. The number of Topliss-reactive ketones (excluding diaryl/α,β-unsaturated/α-hetero) is 1. The van der Waals surface area contributed by atoms with Crippen molar-refractivity contribution >= 4 is 17.4 Å². The SMILES string of the molecule is O=C(C1CCCCC1)C(F)(F)c1cccc(Cl)c1. The minimum atomic E-state index is -3.42. The second-order valence-electron chi connectivity index (χ2n) is 4.78. The van der Waals surface area contributed by atoms with Crippen molar-refractivity contribution < 1.29 is 13.6 Å². The first-order valence-electron chi connectivity index (χ1n) is 6.20. The van der Waals surface area contributed by atoms with Gasteiger partial charge in [0, 0.05) is 16.5 Å². The van der Waals surface area contributed by atoms with Crippen molar-refractivity contribution in [1.29, 1.82) is 0 Å². The molecular formula is C14H15ClF2O. The van der Waals surface area contributed by atoms with E-state index in [9.17, 15) is 13.6 Å². The molecule has 0 saturated heterocycles. The highest BCUT2D eigenvalue weighted by Gasteiger charge is 2.44. The summed E-state index contributed by atoms with van der Waals surface area (Å²) in [5.74, 6) is -4.88. The summed E-state index contributed by atoms with van der Waals surface area (Å²) in [5, 5.41) is 0.226. The van der Waals surface area contributed by atoms with Crippen molar-refractivity contribution in [1.82, 2.24) is 0 Å². The number of halogens is 3. The van der Waals surface area contributed by atoms with Crippen molar-refractivity contribution in [3.05, 3.63) is 34.9 Å². The zero-order chi connectivity index (χ0) is 13.2. The number of rotatable bonds is 3. The molecule has 2 rings (SSSR count). The average Bonchev–Trinajstić information content (AvgIpc) is 2.39. The summed E-state index contributed by atoms with van der Waals surface area (Å²) >= 11 is 5.70. The quantitative estimate of drug-likeness (QED) is 0.787. The van der Waals surface area contributed by atoms with Gasteiger partial charge in [-0.25, -0.2) is 0 Å². The highest BCUT2D eigenvalue weighted by Crippen LogP contribution is 2.37. The predicted octanol–water partition coefficient (Wildman–Crippen LogP) is 4.58. The monoisotopic (exact) mass is 272 g/mol. The topological polar surface area (TPSA) is 17.1 Å². The van der Waals surface area contributed by atoms with E-state index in [1.165, 1.54) is 24.3 Å². The van der Waals surface area contributed by atoms with E-state index in [0.29, 0.717) is 12.8 Å². The smallest absolute Gasteiger partial charge is 0.292 e. The van der Waals surface area contributed by atoms with Crippen molar-refractivity contribution in [3.63, 3.8) is 0 Å². The Kier molecular flexibility index (Phi) is 4.00.